The maximum atomic E-state index is 9.26. The van der Waals surface area contributed by atoms with Crippen molar-refractivity contribution in [1.82, 2.24) is 20.2 Å². The second-order valence-corrected chi connectivity index (χ2v) is 5.90. The summed E-state index contributed by atoms with van der Waals surface area (Å²) in [5.74, 6) is 0. The quantitative estimate of drug-likeness (QED) is 0.717. The molecule has 3 aromatic rings. The fourth-order valence-electron chi connectivity index (χ4n) is 1.77. The summed E-state index contributed by atoms with van der Waals surface area (Å²) in [6.45, 7) is 0. The van der Waals surface area contributed by atoms with Crippen LogP contribution in [0.1, 0.15) is 5.56 Å². The fourth-order valence-corrected chi connectivity index (χ4v) is 3.26. The molecule has 21 heavy (non-hydrogen) atoms. The molecule has 0 radical (unpaired) electrons. The molecule has 0 saturated carbocycles. The highest BCUT2D eigenvalue weighted by atomic mass is 79.9. The van der Waals surface area contributed by atoms with E-state index in [1.54, 1.807) is 4.68 Å². The van der Waals surface area contributed by atoms with Crippen molar-refractivity contribution in [3.8, 4) is 11.8 Å². The van der Waals surface area contributed by atoms with E-state index in [0.29, 0.717) is 10.7 Å². The van der Waals surface area contributed by atoms with Crippen LogP contribution in [0.15, 0.2) is 63.1 Å². The first-order valence-electron chi connectivity index (χ1n) is 6.00. The van der Waals surface area contributed by atoms with E-state index in [1.807, 2.05) is 48.5 Å². The van der Waals surface area contributed by atoms with E-state index in [2.05, 4.69) is 37.5 Å². The first kappa shape index (κ1) is 13.8. The molecule has 0 amide bonds. The van der Waals surface area contributed by atoms with Crippen LogP contribution >= 0.6 is 27.7 Å². The first-order chi connectivity index (χ1) is 10.3. The third-order valence-corrected chi connectivity index (χ3v) is 4.39. The molecule has 7 heteroatoms. The van der Waals surface area contributed by atoms with Crippen molar-refractivity contribution in [3.05, 3.63) is 58.6 Å². The van der Waals surface area contributed by atoms with Gasteiger partial charge in [0.2, 0.25) is 5.16 Å². The van der Waals surface area contributed by atoms with Crippen molar-refractivity contribution < 1.29 is 0 Å². The summed E-state index contributed by atoms with van der Waals surface area (Å²) in [4.78, 5) is 0.804. The number of tetrazole rings is 1. The van der Waals surface area contributed by atoms with Crippen LogP contribution in [-0.2, 0) is 0 Å². The van der Waals surface area contributed by atoms with Crippen LogP contribution in [-0.4, -0.2) is 20.2 Å². The van der Waals surface area contributed by atoms with Gasteiger partial charge in [-0.1, -0.05) is 24.3 Å². The molecule has 0 aliphatic heterocycles. The van der Waals surface area contributed by atoms with E-state index in [0.717, 1.165) is 15.1 Å². The number of aromatic nitrogens is 4. The van der Waals surface area contributed by atoms with E-state index in [9.17, 15) is 5.26 Å². The van der Waals surface area contributed by atoms with Gasteiger partial charge in [0.25, 0.3) is 0 Å². The molecule has 0 fully saturated rings. The van der Waals surface area contributed by atoms with Crippen LogP contribution < -0.4 is 0 Å². The summed E-state index contributed by atoms with van der Waals surface area (Å²) in [7, 11) is 0. The topological polar surface area (TPSA) is 67.4 Å². The second kappa shape index (κ2) is 6.08. The zero-order valence-electron chi connectivity index (χ0n) is 10.6. The molecule has 0 aliphatic rings. The molecule has 0 atom stereocenters. The van der Waals surface area contributed by atoms with Gasteiger partial charge in [-0.15, -0.1) is 5.10 Å². The lowest BCUT2D eigenvalue weighted by Gasteiger charge is -2.06. The molecular weight excluding hydrogens is 350 g/mol. The summed E-state index contributed by atoms with van der Waals surface area (Å²) in [6, 6.07) is 17.4. The number of hydrogen-bond acceptors (Lipinski definition) is 5. The van der Waals surface area contributed by atoms with Crippen molar-refractivity contribution in [2.24, 2.45) is 0 Å². The van der Waals surface area contributed by atoms with Crippen molar-refractivity contribution in [3.63, 3.8) is 0 Å². The highest BCUT2D eigenvalue weighted by molar-refractivity contribution is 9.10. The largest absolute Gasteiger partial charge is 0.218 e. The molecule has 0 saturated heterocycles. The molecular formula is C14H8BrN5S. The summed E-state index contributed by atoms with van der Waals surface area (Å²) >= 11 is 4.74. The molecule has 0 aliphatic carbocycles. The number of benzene rings is 2. The molecule has 5 nitrogen and oxygen atoms in total. The smallest absolute Gasteiger partial charge is 0.192 e. The highest BCUT2D eigenvalue weighted by Crippen LogP contribution is 2.32. The molecule has 1 heterocycles. The Balaban J connectivity index is 2.00. The van der Waals surface area contributed by atoms with Gasteiger partial charge in [0.1, 0.15) is 6.07 Å². The van der Waals surface area contributed by atoms with Gasteiger partial charge in [-0.05, 0) is 62.4 Å². The van der Waals surface area contributed by atoms with Crippen LogP contribution in [0.25, 0.3) is 5.69 Å². The predicted molar refractivity (Wildman–Crippen MR) is 82.1 cm³/mol. The Labute approximate surface area is 133 Å². The summed E-state index contributed by atoms with van der Waals surface area (Å²) in [5, 5.41) is 21.6. The minimum atomic E-state index is 0.574. The minimum absolute atomic E-state index is 0.574. The summed E-state index contributed by atoms with van der Waals surface area (Å²) in [6.07, 6.45) is 0. The average molecular weight is 358 g/mol. The van der Waals surface area contributed by atoms with Gasteiger partial charge in [-0.3, -0.25) is 0 Å². The van der Waals surface area contributed by atoms with Gasteiger partial charge in [-0.25, -0.2) is 0 Å². The number of para-hydroxylation sites is 1. The van der Waals surface area contributed by atoms with Crippen LogP contribution in [0.4, 0.5) is 0 Å². The Kier molecular flexibility index (Phi) is 3.99. The third kappa shape index (κ3) is 2.82. The second-order valence-electron chi connectivity index (χ2n) is 4.04. The number of hydrogen-bond donors (Lipinski definition) is 0. The maximum Gasteiger partial charge on any atom is 0.218 e. The van der Waals surface area contributed by atoms with E-state index < -0.39 is 0 Å². The molecule has 0 N–H and O–H groups in total. The van der Waals surface area contributed by atoms with Crippen LogP contribution in [0.2, 0.25) is 0 Å². The van der Waals surface area contributed by atoms with Gasteiger partial charge in [0.05, 0.1) is 11.3 Å². The van der Waals surface area contributed by atoms with E-state index in [-0.39, 0.29) is 0 Å². The fraction of sp³-hybridized carbons (Fsp3) is 0. The number of halogens is 1. The maximum absolute atomic E-state index is 9.26. The molecule has 3 rings (SSSR count). The van der Waals surface area contributed by atoms with Crippen molar-refractivity contribution >= 4 is 27.7 Å². The molecule has 0 unspecified atom stereocenters. The molecule has 0 spiro atoms. The van der Waals surface area contributed by atoms with Crippen molar-refractivity contribution in [2.75, 3.05) is 0 Å². The predicted octanol–water partition coefficient (Wildman–Crippen LogP) is 3.45. The Hall–Kier alpha value is -2.17. The normalized spacial score (nSPS) is 10.3. The standard InChI is InChI=1S/C14H8BrN5S/c15-12-7-4-8-13(11(12)9-16)21-14-17-18-19-20(14)10-5-2-1-3-6-10/h1-8H. The molecule has 2 aromatic carbocycles. The SMILES string of the molecule is N#Cc1c(Br)cccc1Sc1nnnn1-c1ccccc1. The highest BCUT2D eigenvalue weighted by Gasteiger charge is 2.13. The van der Waals surface area contributed by atoms with Gasteiger partial charge >= 0.3 is 0 Å². The van der Waals surface area contributed by atoms with Gasteiger partial charge in [-0.2, -0.15) is 9.94 Å². The van der Waals surface area contributed by atoms with Gasteiger partial charge in [0.15, 0.2) is 0 Å². The minimum Gasteiger partial charge on any atom is -0.192 e. The van der Waals surface area contributed by atoms with Crippen LogP contribution in [0.3, 0.4) is 0 Å². The summed E-state index contributed by atoms with van der Waals surface area (Å²) in [5.41, 5.74) is 1.45. The lowest BCUT2D eigenvalue weighted by atomic mass is 10.2. The number of nitrogens with zero attached hydrogens (tertiary/aromatic N) is 5. The zero-order valence-corrected chi connectivity index (χ0v) is 13.0. The number of nitriles is 1. The van der Waals surface area contributed by atoms with E-state index in [4.69, 9.17) is 0 Å². The summed E-state index contributed by atoms with van der Waals surface area (Å²) < 4.78 is 2.40. The Bertz CT molecular complexity index is 810. The van der Waals surface area contributed by atoms with Gasteiger partial charge < -0.3 is 0 Å². The average Bonchev–Trinajstić information content (AvgIpc) is 2.97. The Morgan fingerprint density at radius 1 is 1.10 bits per heavy atom. The third-order valence-electron chi connectivity index (χ3n) is 2.73. The van der Waals surface area contributed by atoms with Gasteiger partial charge in [0, 0.05) is 9.37 Å². The van der Waals surface area contributed by atoms with E-state index in [1.165, 1.54) is 11.8 Å². The van der Waals surface area contributed by atoms with E-state index >= 15 is 0 Å². The van der Waals surface area contributed by atoms with Crippen molar-refractivity contribution in [1.29, 1.82) is 5.26 Å². The molecule has 1 aromatic heterocycles. The molecule has 102 valence electrons. The Morgan fingerprint density at radius 2 is 1.90 bits per heavy atom. The monoisotopic (exact) mass is 357 g/mol. The van der Waals surface area contributed by atoms with Crippen LogP contribution in [0.5, 0.6) is 0 Å². The molecule has 0 bridgehead atoms. The lowest BCUT2D eigenvalue weighted by molar-refractivity contribution is 0.756. The van der Waals surface area contributed by atoms with Crippen LogP contribution in [0, 0.1) is 11.3 Å². The first-order valence-corrected chi connectivity index (χ1v) is 7.61. The zero-order chi connectivity index (χ0) is 14.7. The lowest BCUT2D eigenvalue weighted by Crippen LogP contribution is -1.98. The number of rotatable bonds is 3. The Morgan fingerprint density at radius 3 is 2.67 bits per heavy atom. The van der Waals surface area contributed by atoms with Crippen molar-refractivity contribution in [2.45, 2.75) is 10.1 Å².